The summed E-state index contributed by atoms with van der Waals surface area (Å²) in [5.74, 6) is -0.464. The molecule has 2 aromatic rings. The molecule has 1 atom stereocenters. The lowest BCUT2D eigenvalue weighted by Gasteiger charge is -2.22. The molecule has 6 heteroatoms. The molecule has 1 aromatic heterocycles. The van der Waals surface area contributed by atoms with Crippen molar-refractivity contribution in [2.75, 3.05) is 13.6 Å². The second-order valence-corrected chi connectivity index (χ2v) is 5.04. The van der Waals surface area contributed by atoms with Crippen LogP contribution in [0.15, 0.2) is 18.2 Å². The normalized spacial score (nSPS) is 12.4. The lowest BCUT2D eigenvalue weighted by molar-refractivity contribution is -0.132. The van der Waals surface area contributed by atoms with E-state index in [4.69, 9.17) is 0 Å². The van der Waals surface area contributed by atoms with Gasteiger partial charge >= 0.3 is 5.97 Å². The summed E-state index contributed by atoms with van der Waals surface area (Å²) in [5, 5.41) is 9.36. The number of amides is 1. The summed E-state index contributed by atoms with van der Waals surface area (Å²) in [6.45, 7) is 6.04. The summed E-state index contributed by atoms with van der Waals surface area (Å²) in [6, 6.07) is 4.45. The van der Waals surface area contributed by atoms with E-state index in [-0.39, 0.29) is 11.5 Å². The molecule has 1 N–H and O–H groups in total. The molecular weight excluding hydrogens is 270 g/mol. The maximum atomic E-state index is 12.4. The number of para-hydroxylation sites is 1. The molecule has 0 radical (unpaired) electrons. The van der Waals surface area contributed by atoms with E-state index < -0.39 is 12.0 Å². The number of carboxylic acids is 1. The summed E-state index contributed by atoms with van der Waals surface area (Å²) in [5.41, 5.74) is 1.24. The minimum atomic E-state index is -1.02. The fourth-order valence-electron chi connectivity index (χ4n) is 2.50. The van der Waals surface area contributed by atoms with Gasteiger partial charge in [-0.1, -0.05) is 6.07 Å². The zero-order chi connectivity index (χ0) is 15.7. The van der Waals surface area contributed by atoms with Crippen LogP contribution in [-0.4, -0.2) is 45.0 Å². The number of fused-ring (bicyclic) bond motifs is 1. The second kappa shape index (κ2) is 5.55. The zero-order valence-electron chi connectivity index (χ0n) is 12.6. The first-order chi connectivity index (χ1) is 9.88. The topological polar surface area (TPSA) is 75.4 Å². The summed E-state index contributed by atoms with van der Waals surface area (Å²) < 4.78 is 1.70. The lowest BCUT2D eigenvalue weighted by atomic mass is 10.1. The van der Waals surface area contributed by atoms with Crippen LogP contribution in [0.3, 0.4) is 0 Å². The Morgan fingerprint density at radius 3 is 2.67 bits per heavy atom. The number of aromatic carboxylic acids is 1. The molecule has 0 spiro atoms. The Morgan fingerprint density at radius 2 is 2.10 bits per heavy atom. The van der Waals surface area contributed by atoms with Gasteiger partial charge in [0.05, 0.1) is 16.6 Å². The van der Waals surface area contributed by atoms with Gasteiger partial charge in [0.1, 0.15) is 11.9 Å². The van der Waals surface area contributed by atoms with Gasteiger partial charge in [0.2, 0.25) is 5.91 Å². The highest BCUT2D eigenvalue weighted by Crippen LogP contribution is 2.25. The molecular formula is C15H19N3O3. The van der Waals surface area contributed by atoms with Crippen molar-refractivity contribution < 1.29 is 14.7 Å². The van der Waals surface area contributed by atoms with Gasteiger partial charge in [-0.15, -0.1) is 0 Å². The van der Waals surface area contributed by atoms with E-state index in [1.54, 1.807) is 42.5 Å². The van der Waals surface area contributed by atoms with Gasteiger partial charge in [-0.3, -0.25) is 4.79 Å². The van der Waals surface area contributed by atoms with Gasteiger partial charge in [0.25, 0.3) is 0 Å². The molecule has 1 heterocycles. The van der Waals surface area contributed by atoms with Gasteiger partial charge in [-0.25, -0.2) is 9.78 Å². The summed E-state index contributed by atoms with van der Waals surface area (Å²) in [6.07, 6.45) is 0. The van der Waals surface area contributed by atoms with E-state index in [1.807, 2.05) is 6.92 Å². The molecule has 0 aliphatic heterocycles. The molecule has 1 aromatic carbocycles. The first-order valence-electron chi connectivity index (χ1n) is 6.84. The lowest BCUT2D eigenvalue weighted by Crippen LogP contribution is -2.33. The number of carbonyl (C=O) groups excluding carboxylic acids is 1. The molecule has 1 amide bonds. The van der Waals surface area contributed by atoms with Crippen LogP contribution < -0.4 is 0 Å². The number of aromatic nitrogens is 2. The van der Waals surface area contributed by atoms with Gasteiger partial charge in [0.15, 0.2) is 0 Å². The van der Waals surface area contributed by atoms with Crippen LogP contribution in [-0.2, 0) is 4.79 Å². The molecule has 112 valence electrons. The quantitative estimate of drug-likeness (QED) is 0.935. The first kappa shape index (κ1) is 15.0. The Morgan fingerprint density at radius 1 is 1.43 bits per heavy atom. The second-order valence-electron chi connectivity index (χ2n) is 5.04. The van der Waals surface area contributed by atoms with Gasteiger partial charge in [-0.05, 0) is 32.9 Å². The van der Waals surface area contributed by atoms with Crippen molar-refractivity contribution in [2.45, 2.75) is 26.8 Å². The van der Waals surface area contributed by atoms with E-state index in [2.05, 4.69) is 4.98 Å². The number of hydrogen-bond acceptors (Lipinski definition) is 3. The Hall–Kier alpha value is -2.37. The van der Waals surface area contributed by atoms with Crippen LogP contribution >= 0.6 is 0 Å². The summed E-state index contributed by atoms with van der Waals surface area (Å²) >= 11 is 0. The van der Waals surface area contributed by atoms with E-state index in [9.17, 15) is 14.7 Å². The molecule has 0 aliphatic carbocycles. The highest BCUT2D eigenvalue weighted by atomic mass is 16.4. The number of carboxylic acid groups (broad SMARTS) is 1. The highest BCUT2D eigenvalue weighted by Gasteiger charge is 2.24. The Balaban J connectivity index is 2.66. The minimum Gasteiger partial charge on any atom is -0.478 e. The van der Waals surface area contributed by atoms with E-state index in [0.717, 1.165) is 0 Å². The molecule has 6 nitrogen and oxygen atoms in total. The number of imidazole rings is 1. The molecule has 0 fully saturated rings. The molecule has 0 saturated heterocycles. The van der Waals surface area contributed by atoms with Crippen LogP contribution in [0.2, 0.25) is 0 Å². The van der Waals surface area contributed by atoms with Gasteiger partial charge in [0, 0.05) is 13.6 Å². The average molecular weight is 289 g/mol. The van der Waals surface area contributed by atoms with Crippen molar-refractivity contribution in [1.82, 2.24) is 14.5 Å². The first-order valence-corrected chi connectivity index (χ1v) is 6.84. The van der Waals surface area contributed by atoms with Crippen molar-refractivity contribution >= 4 is 22.9 Å². The fraction of sp³-hybridized carbons (Fsp3) is 0.400. The number of carbonyl (C=O) groups is 2. The number of aryl methyl sites for hydroxylation is 1. The van der Waals surface area contributed by atoms with Crippen molar-refractivity contribution in [3.63, 3.8) is 0 Å². The maximum absolute atomic E-state index is 12.4. The maximum Gasteiger partial charge on any atom is 0.337 e. The van der Waals surface area contributed by atoms with E-state index in [0.29, 0.717) is 23.4 Å². The number of benzene rings is 1. The van der Waals surface area contributed by atoms with Gasteiger partial charge < -0.3 is 14.6 Å². The summed E-state index contributed by atoms with van der Waals surface area (Å²) in [4.78, 5) is 29.8. The minimum absolute atomic E-state index is 0.0694. The molecule has 21 heavy (non-hydrogen) atoms. The zero-order valence-corrected chi connectivity index (χ0v) is 12.6. The Bertz CT molecular complexity index is 705. The standard InChI is InChI=1S/C15H19N3O3/c1-5-17(4)14(19)9(2)18-10(3)16-12-8-6-7-11(13(12)18)15(20)21/h6-9H,5H2,1-4H3,(H,20,21). The van der Waals surface area contributed by atoms with Crippen LogP contribution in [0.5, 0.6) is 0 Å². The molecule has 2 rings (SSSR count). The monoisotopic (exact) mass is 289 g/mol. The Labute approximate surface area is 123 Å². The van der Waals surface area contributed by atoms with Gasteiger partial charge in [-0.2, -0.15) is 0 Å². The average Bonchev–Trinajstić information content (AvgIpc) is 2.80. The molecule has 1 unspecified atom stereocenters. The smallest absolute Gasteiger partial charge is 0.337 e. The third kappa shape index (κ3) is 2.49. The van der Waals surface area contributed by atoms with E-state index >= 15 is 0 Å². The van der Waals surface area contributed by atoms with Crippen molar-refractivity contribution in [1.29, 1.82) is 0 Å². The SMILES string of the molecule is CCN(C)C(=O)C(C)n1c(C)nc2cccc(C(=O)O)c21. The van der Waals surface area contributed by atoms with Crippen LogP contribution in [0.25, 0.3) is 11.0 Å². The highest BCUT2D eigenvalue weighted by molar-refractivity contribution is 6.01. The summed E-state index contributed by atoms with van der Waals surface area (Å²) in [7, 11) is 1.73. The fourth-order valence-corrected chi connectivity index (χ4v) is 2.50. The largest absolute Gasteiger partial charge is 0.478 e. The third-order valence-electron chi connectivity index (χ3n) is 3.71. The molecule has 0 aliphatic rings. The number of nitrogens with zero attached hydrogens (tertiary/aromatic N) is 3. The Kier molecular flexibility index (Phi) is 3.97. The van der Waals surface area contributed by atoms with E-state index in [1.165, 1.54) is 6.07 Å². The van der Waals surface area contributed by atoms with Crippen molar-refractivity contribution in [3.8, 4) is 0 Å². The third-order valence-corrected chi connectivity index (χ3v) is 3.71. The van der Waals surface area contributed by atoms with Crippen molar-refractivity contribution in [3.05, 3.63) is 29.6 Å². The van der Waals surface area contributed by atoms with Crippen LogP contribution in [0.4, 0.5) is 0 Å². The number of likely N-dealkylation sites (N-methyl/N-ethyl adjacent to an activating group) is 1. The van der Waals surface area contributed by atoms with Crippen molar-refractivity contribution in [2.24, 2.45) is 0 Å². The number of rotatable bonds is 4. The predicted octanol–water partition coefficient (Wildman–Crippen LogP) is 2.08. The van der Waals surface area contributed by atoms with Crippen LogP contribution in [0.1, 0.15) is 36.1 Å². The predicted molar refractivity (Wildman–Crippen MR) is 79.5 cm³/mol. The molecule has 0 saturated carbocycles. The number of hydrogen-bond donors (Lipinski definition) is 1. The molecule has 0 bridgehead atoms. The van der Waals surface area contributed by atoms with Crippen LogP contribution in [0, 0.1) is 6.92 Å².